The van der Waals surface area contributed by atoms with Crippen molar-refractivity contribution in [1.82, 2.24) is 9.97 Å². The van der Waals surface area contributed by atoms with Crippen molar-refractivity contribution in [3.63, 3.8) is 0 Å². The van der Waals surface area contributed by atoms with E-state index in [1.807, 2.05) is 0 Å². The lowest BCUT2D eigenvalue weighted by Gasteiger charge is -2.27. The third-order valence-electron chi connectivity index (χ3n) is 3.18. The molecular formula is C12H17IN2O. The Hall–Kier alpha value is -0.390. The van der Waals surface area contributed by atoms with Crippen molar-refractivity contribution in [1.29, 1.82) is 0 Å². The molecule has 0 saturated heterocycles. The summed E-state index contributed by atoms with van der Waals surface area (Å²) in [5.41, 5.74) is 0. The fourth-order valence-corrected chi connectivity index (χ4v) is 2.51. The first kappa shape index (κ1) is 12.1. The van der Waals surface area contributed by atoms with Crippen LogP contribution in [0.4, 0.5) is 0 Å². The van der Waals surface area contributed by atoms with E-state index in [4.69, 9.17) is 4.74 Å². The topological polar surface area (TPSA) is 35.0 Å². The Kier molecular flexibility index (Phi) is 4.37. The van der Waals surface area contributed by atoms with E-state index in [0.717, 1.165) is 22.3 Å². The molecule has 1 aliphatic rings. The van der Waals surface area contributed by atoms with Crippen molar-refractivity contribution in [3.05, 3.63) is 16.0 Å². The second-order valence-electron chi connectivity index (χ2n) is 4.36. The summed E-state index contributed by atoms with van der Waals surface area (Å²) >= 11 is 2.20. The minimum atomic E-state index is 0.318. The quantitative estimate of drug-likeness (QED) is 0.796. The molecule has 2 atom stereocenters. The number of hydrogen-bond donors (Lipinski definition) is 0. The molecule has 88 valence electrons. The monoisotopic (exact) mass is 332 g/mol. The second-order valence-corrected chi connectivity index (χ2v) is 5.61. The van der Waals surface area contributed by atoms with Gasteiger partial charge >= 0.3 is 6.01 Å². The summed E-state index contributed by atoms with van der Waals surface area (Å²) in [5.74, 6) is 0.822. The molecule has 0 aliphatic heterocycles. The van der Waals surface area contributed by atoms with E-state index in [0.29, 0.717) is 12.1 Å². The smallest absolute Gasteiger partial charge is 0.316 e. The number of aromatic nitrogens is 2. The Morgan fingerprint density at radius 1 is 1.38 bits per heavy atom. The lowest BCUT2D eigenvalue weighted by molar-refractivity contribution is 0.111. The zero-order valence-electron chi connectivity index (χ0n) is 9.53. The van der Waals surface area contributed by atoms with E-state index in [2.05, 4.69) is 39.5 Å². The SMILES string of the molecule is CCC1CCCC(Oc2ncc(I)cn2)C1. The predicted octanol–water partition coefficient (Wildman–Crippen LogP) is 3.43. The van der Waals surface area contributed by atoms with Crippen molar-refractivity contribution < 1.29 is 4.74 Å². The van der Waals surface area contributed by atoms with E-state index in [-0.39, 0.29) is 0 Å². The predicted molar refractivity (Wildman–Crippen MR) is 71.4 cm³/mol. The molecule has 0 spiro atoms. The number of rotatable bonds is 3. The third-order valence-corrected chi connectivity index (χ3v) is 3.74. The van der Waals surface area contributed by atoms with Crippen molar-refractivity contribution in [2.45, 2.75) is 45.1 Å². The van der Waals surface area contributed by atoms with Crippen LogP contribution in [0, 0.1) is 9.49 Å². The van der Waals surface area contributed by atoms with Gasteiger partial charge in [0.2, 0.25) is 0 Å². The van der Waals surface area contributed by atoms with Gasteiger partial charge in [-0.05, 0) is 47.8 Å². The number of halogens is 1. The van der Waals surface area contributed by atoms with Gasteiger partial charge in [-0.25, -0.2) is 9.97 Å². The van der Waals surface area contributed by atoms with Crippen LogP contribution in [0.25, 0.3) is 0 Å². The molecule has 4 heteroatoms. The summed E-state index contributed by atoms with van der Waals surface area (Å²) in [4.78, 5) is 8.36. The molecule has 3 nitrogen and oxygen atoms in total. The zero-order chi connectivity index (χ0) is 11.4. The summed E-state index contributed by atoms with van der Waals surface area (Å²) in [6, 6.07) is 0.530. The molecule has 1 aromatic heterocycles. The average molecular weight is 332 g/mol. The molecule has 2 rings (SSSR count). The maximum atomic E-state index is 5.82. The molecule has 16 heavy (non-hydrogen) atoms. The van der Waals surface area contributed by atoms with Crippen LogP contribution in [-0.2, 0) is 0 Å². The van der Waals surface area contributed by atoms with Gasteiger partial charge < -0.3 is 4.74 Å². The summed E-state index contributed by atoms with van der Waals surface area (Å²) in [7, 11) is 0. The first-order valence-electron chi connectivity index (χ1n) is 5.92. The van der Waals surface area contributed by atoms with Gasteiger partial charge in [0.05, 0.1) is 0 Å². The normalized spacial score (nSPS) is 25.4. The van der Waals surface area contributed by atoms with Crippen molar-refractivity contribution in [2.24, 2.45) is 5.92 Å². The van der Waals surface area contributed by atoms with Gasteiger partial charge in [-0.15, -0.1) is 0 Å². The van der Waals surface area contributed by atoms with Gasteiger partial charge in [-0.3, -0.25) is 0 Å². The van der Waals surface area contributed by atoms with Crippen molar-refractivity contribution in [2.75, 3.05) is 0 Å². The molecule has 2 unspecified atom stereocenters. The van der Waals surface area contributed by atoms with E-state index in [1.165, 1.54) is 19.3 Å². The maximum Gasteiger partial charge on any atom is 0.316 e. The highest BCUT2D eigenvalue weighted by atomic mass is 127. The Labute approximate surface area is 110 Å². The highest BCUT2D eigenvalue weighted by Crippen LogP contribution is 2.28. The molecule has 1 fully saturated rings. The van der Waals surface area contributed by atoms with Crippen LogP contribution in [0.15, 0.2) is 12.4 Å². The summed E-state index contributed by atoms with van der Waals surface area (Å²) in [6.45, 7) is 2.26. The molecule has 0 amide bonds. The summed E-state index contributed by atoms with van der Waals surface area (Å²) in [6.07, 6.45) is 10.1. The molecule has 1 aromatic rings. The number of ether oxygens (including phenoxy) is 1. The van der Waals surface area contributed by atoms with Gasteiger partial charge in [0.25, 0.3) is 0 Å². The van der Waals surface area contributed by atoms with E-state index in [9.17, 15) is 0 Å². The molecule has 1 saturated carbocycles. The molecule has 1 aliphatic carbocycles. The van der Waals surface area contributed by atoms with Gasteiger partial charge in [0.15, 0.2) is 0 Å². The molecule has 0 radical (unpaired) electrons. The van der Waals surface area contributed by atoms with Gasteiger partial charge in [0, 0.05) is 16.0 Å². The van der Waals surface area contributed by atoms with E-state index < -0.39 is 0 Å². The van der Waals surface area contributed by atoms with Crippen LogP contribution >= 0.6 is 22.6 Å². The van der Waals surface area contributed by atoms with Gasteiger partial charge in [-0.2, -0.15) is 0 Å². The van der Waals surface area contributed by atoms with Crippen LogP contribution in [0.3, 0.4) is 0 Å². The number of hydrogen-bond acceptors (Lipinski definition) is 3. The van der Waals surface area contributed by atoms with Crippen LogP contribution < -0.4 is 4.74 Å². The molecular weight excluding hydrogens is 315 g/mol. The Bertz CT molecular complexity index is 328. The van der Waals surface area contributed by atoms with Crippen molar-refractivity contribution >= 4 is 22.6 Å². The largest absolute Gasteiger partial charge is 0.460 e. The number of nitrogens with zero attached hydrogens (tertiary/aromatic N) is 2. The molecule has 0 aromatic carbocycles. The first-order chi connectivity index (χ1) is 7.78. The zero-order valence-corrected chi connectivity index (χ0v) is 11.7. The van der Waals surface area contributed by atoms with Gasteiger partial charge in [-0.1, -0.05) is 19.8 Å². The van der Waals surface area contributed by atoms with Crippen LogP contribution in [0.2, 0.25) is 0 Å². The summed E-state index contributed by atoms with van der Waals surface area (Å²) in [5, 5.41) is 0. The minimum Gasteiger partial charge on any atom is -0.460 e. The molecule has 0 N–H and O–H groups in total. The van der Waals surface area contributed by atoms with E-state index in [1.54, 1.807) is 12.4 Å². The van der Waals surface area contributed by atoms with Crippen LogP contribution in [0.1, 0.15) is 39.0 Å². The third kappa shape index (κ3) is 3.30. The first-order valence-corrected chi connectivity index (χ1v) is 7.00. The minimum absolute atomic E-state index is 0.318. The lowest BCUT2D eigenvalue weighted by Crippen LogP contribution is -2.25. The Morgan fingerprint density at radius 2 is 2.12 bits per heavy atom. The highest BCUT2D eigenvalue weighted by Gasteiger charge is 2.22. The van der Waals surface area contributed by atoms with Crippen molar-refractivity contribution in [3.8, 4) is 6.01 Å². The second kappa shape index (κ2) is 5.80. The fraction of sp³-hybridized carbons (Fsp3) is 0.667. The molecule has 0 bridgehead atoms. The standard InChI is InChI=1S/C12H17IN2O/c1-2-9-4-3-5-11(6-9)16-12-14-7-10(13)8-15-12/h7-9,11H,2-6H2,1H3. The van der Waals surface area contributed by atoms with Crippen LogP contribution in [-0.4, -0.2) is 16.1 Å². The average Bonchev–Trinajstić information content (AvgIpc) is 2.32. The Balaban J connectivity index is 1.91. The maximum absolute atomic E-state index is 5.82. The van der Waals surface area contributed by atoms with Crippen LogP contribution in [0.5, 0.6) is 6.01 Å². The van der Waals surface area contributed by atoms with E-state index >= 15 is 0 Å². The Morgan fingerprint density at radius 3 is 2.81 bits per heavy atom. The molecule has 1 heterocycles. The fourth-order valence-electron chi connectivity index (χ4n) is 2.23. The summed E-state index contributed by atoms with van der Waals surface area (Å²) < 4.78 is 6.86. The van der Waals surface area contributed by atoms with Gasteiger partial charge in [0.1, 0.15) is 6.10 Å². The highest BCUT2D eigenvalue weighted by molar-refractivity contribution is 14.1. The lowest BCUT2D eigenvalue weighted by atomic mass is 9.86.